The van der Waals surface area contributed by atoms with Gasteiger partial charge >= 0.3 is 0 Å². The van der Waals surface area contributed by atoms with E-state index in [9.17, 15) is 4.79 Å². The first-order valence-electron chi connectivity index (χ1n) is 7.00. The van der Waals surface area contributed by atoms with E-state index < -0.39 is 0 Å². The average Bonchev–Trinajstić information content (AvgIpc) is 3.00. The first kappa shape index (κ1) is 15.2. The van der Waals surface area contributed by atoms with Gasteiger partial charge in [-0.3, -0.25) is 4.79 Å². The molecule has 0 spiro atoms. The van der Waals surface area contributed by atoms with Crippen LogP contribution in [0, 0.1) is 12.8 Å². The Morgan fingerprint density at radius 2 is 2.24 bits per heavy atom. The van der Waals surface area contributed by atoms with Crippen molar-refractivity contribution < 1.29 is 9.21 Å². The summed E-state index contributed by atoms with van der Waals surface area (Å²) in [5.41, 5.74) is 2.59. The summed E-state index contributed by atoms with van der Waals surface area (Å²) in [4.78, 5) is 12.1. The molecule has 6 heteroatoms. The summed E-state index contributed by atoms with van der Waals surface area (Å²) in [5, 5.41) is 13.6. The number of amides is 1. The quantitative estimate of drug-likeness (QED) is 0.852. The summed E-state index contributed by atoms with van der Waals surface area (Å²) in [6.45, 7) is 7.38. The zero-order valence-corrected chi connectivity index (χ0v) is 12.5. The average molecular weight is 288 g/mol. The van der Waals surface area contributed by atoms with Gasteiger partial charge in [0.25, 0.3) is 0 Å². The summed E-state index contributed by atoms with van der Waals surface area (Å²) in [7, 11) is 0. The molecule has 1 heterocycles. The summed E-state index contributed by atoms with van der Waals surface area (Å²) in [5.74, 6) is 0.390. The van der Waals surface area contributed by atoms with Crippen LogP contribution in [-0.4, -0.2) is 29.2 Å². The number of hydrogen-bond donors (Lipinski definition) is 2. The van der Waals surface area contributed by atoms with Crippen LogP contribution in [0.2, 0.25) is 0 Å². The maximum absolute atomic E-state index is 12.1. The van der Waals surface area contributed by atoms with Gasteiger partial charge in [0, 0.05) is 23.7 Å². The number of benzene rings is 1. The van der Waals surface area contributed by atoms with Crippen LogP contribution in [0.25, 0.3) is 11.5 Å². The number of rotatable bonds is 6. The zero-order chi connectivity index (χ0) is 15.2. The lowest BCUT2D eigenvalue weighted by molar-refractivity contribution is -0.119. The molecule has 0 radical (unpaired) electrons. The van der Waals surface area contributed by atoms with Crippen molar-refractivity contribution in [3.8, 4) is 11.5 Å². The van der Waals surface area contributed by atoms with Crippen LogP contribution < -0.4 is 10.6 Å². The monoisotopic (exact) mass is 288 g/mol. The van der Waals surface area contributed by atoms with Crippen LogP contribution in [0.3, 0.4) is 0 Å². The minimum atomic E-state index is -0.0834. The lowest BCUT2D eigenvalue weighted by atomic mass is 10.1. The first-order valence-corrected chi connectivity index (χ1v) is 7.00. The molecule has 1 atom stereocenters. The Bertz CT molecular complexity index is 596. The Morgan fingerprint density at radius 1 is 1.43 bits per heavy atom. The van der Waals surface area contributed by atoms with E-state index in [-0.39, 0.29) is 11.8 Å². The van der Waals surface area contributed by atoms with Gasteiger partial charge < -0.3 is 15.1 Å². The van der Waals surface area contributed by atoms with Gasteiger partial charge in [-0.15, -0.1) is 10.2 Å². The summed E-state index contributed by atoms with van der Waals surface area (Å²) in [6.07, 6.45) is 1.29. The van der Waals surface area contributed by atoms with Crippen molar-refractivity contribution in [1.82, 2.24) is 15.5 Å². The normalized spacial score (nSPS) is 12.1. The van der Waals surface area contributed by atoms with Crippen molar-refractivity contribution in [3.63, 3.8) is 0 Å². The second kappa shape index (κ2) is 6.99. The molecule has 0 bridgehead atoms. The van der Waals surface area contributed by atoms with Crippen molar-refractivity contribution in [2.45, 2.75) is 20.8 Å². The maximum Gasteiger partial charge on any atom is 0.247 e. The molecule has 0 aliphatic rings. The minimum Gasteiger partial charge on any atom is -0.423 e. The highest BCUT2D eigenvalue weighted by Crippen LogP contribution is 2.23. The largest absolute Gasteiger partial charge is 0.423 e. The molecule has 0 saturated heterocycles. The van der Waals surface area contributed by atoms with E-state index in [1.807, 2.05) is 39.0 Å². The maximum atomic E-state index is 12.1. The highest BCUT2D eigenvalue weighted by atomic mass is 16.4. The standard InChI is InChI=1S/C15H20N4O2/c1-4-16-8-11(3)14(20)18-13-6-5-12(7-10(13)2)15-19-17-9-21-15/h5-7,9,11,16H,4,8H2,1-3H3,(H,18,20). The molecule has 1 aromatic carbocycles. The first-order chi connectivity index (χ1) is 10.1. The van der Waals surface area contributed by atoms with Crippen LogP contribution in [0.15, 0.2) is 29.0 Å². The number of hydrogen-bond acceptors (Lipinski definition) is 5. The van der Waals surface area contributed by atoms with Gasteiger partial charge in [-0.05, 0) is 37.2 Å². The van der Waals surface area contributed by atoms with E-state index in [0.717, 1.165) is 23.4 Å². The van der Waals surface area contributed by atoms with Crippen LogP contribution in [0.4, 0.5) is 5.69 Å². The molecule has 0 fully saturated rings. The topological polar surface area (TPSA) is 80.0 Å². The summed E-state index contributed by atoms with van der Waals surface area (Å²) >= 11 is 0. The Labute approximate surface area is 124 Å². The van der Waals surface area contributed by atoms with Gasteiger partial charge in [0.05, 0.1) is 0 Å². The predicted octanol–water partition coefficient (Wildman–Crippen LogP) is 2.23. The van der Waals surface area contributed by atoms with Crippen molar-refractivity contribution in [2.24, 2.45) is 5.92 Å². The van der Waals surface area contributed by atoms with Crippen LogP contribution >= 0.6 is 0 Å². The second-order valence-corrected chi connectivity index (χ2v) is 4.97. The van der Waals surface area contributed by atoms with Crippen molar-refractivity contribution >= 4 is 11.6 Å². The number of carbonyl (C=O) groups excluding carboxylic acids is 1. The van der Waals surface area contributed by atoms with Crippen LogP contribution in [0.1, 0.15) is 19.4 Å². The molecule has 1 amide bonds. The molecular weight excluding hydrogens is 268 g/mol. The van der Waals surface area contributed by atoms with Crippen LogP contribution in [-0.2, 0) is 4.79 Å². The summed E-state index contributed by atoms with van der Waals surface area (Å²) in [6, 6.07) is 5.62. The van der Waals surface area contributed by atoms with Crippen molar-refractivity contribution in [1.29, 1.82) is 0 Å². The van der Waals surface area contributed by atoms with Gasteiger partial charge in [0.15, 0.2) is 0 Å². The van der Waals surface area contributed by atoms with Crippen molar-refractivity contribution in [2.75, 3.05) is 18.4 Å². The Kier molecular flexibility index (Phi) is 5.05. The molecule has 21 heavy (non-hydrogen) atoms. The van der Waals surface area contributed by atoms with Crippen LogP contribution in [0.5, 0.6) is 0 Å². The number of aryl methyl sites for hydroxylation is 1. The molecule has 1 unspecified atom stereocenters. The number of carbonyl (C=O) groups is 1. The van der Waals surface area contributed by atoms with Gasteiger partial charge in [0.1, 0.15) is 0 Å². The third-order valence-electron chi connectivity index (χ3n) is 3.24. The van der Waals surface area contributed by atoms with E-state index in [1.54, 1.807) is 0 Å². The lowest BCUT2D eigenvalue weighted by Crippen LogP contribution is -2.30. The number of nitrogens with zero attached hydrogens (tertiary/aromatic N) is 2. The molecule has 0 aliphatic heterocycles. The zero-order valence-electron chi connectivity index (χ0n) is 12.5. The minimum absolute atomic E-state index is 0.00425. The molecule has 2 aromatic rings. The smallest absolute Gasteiger partial charge is 0.247 e. The summed E-state index contributed by atoms with van der Waals surface area (Å²) < 4.78 is 5.16. The third-order valence-corrected chi connectivity index (χ3v) is 3.24. The van der Waals surface area contributed by atoms with Gasteiger partial charge in [-0.25, -0.2) is 0 Å². The fraction of sp³-hybridized carbons (Fsp3) is 0.400. The number of anilines is 1. The molecule has 2 rings (SSSR count). The second-order valence-electron chi connectivity index (χ2n) is 4.97. The Morgan fingerprint density at radius 3 is 2.86 bits per heavy atom. The van der Waals surface area contributed by atoms with E-state index >= 15 is 0 Å². The molecule has 6 nitrogen and oxygen atoms in total. The number of nitrogens with one attached hydrogen (secondary N) is 2. The molecule has 0 saturated carbocycles. The van der Waals surface area contributed by atoms with E-state index in [4.69, 9.17) is 4.42 Å². The highest BCUT2D eigenvalue weighted by molar-refractivity contribution is 5.93. The van der Waals surface area contributed by atoms with E-state index in [0.29, 0.717) is 12.4 Å². The highest BCUT2D eigenvalue weighted by Gasteiger charge is 2.14. The SMILES string of the molecule is CCNCC(C)C(=O)Nc1ccc(-c2nnco2)cc1C. The third kappa shape index (κ3) is 3.88. The van der Waals surface area contributed by atoms with E-state index in [2.05, 4.69) is 20.8 Å². The predicted molar refractivity (Wildman–Crippen MR) is 80.8 cm³/mol. The fourth-order valence-corrected chi connectivity index (χ4v) is 1.95. The molecule has 112 valence electrons. The van der Waals surface area contributed by atoms with Gasteiger partial charge in [0.2, 0.25) is 18.2 Å². The van der Waals surface area contributed by atoms with Gasteiger partial charge in [-0.1, -0.05) is 13.8 Å². The molecule has 2 N–H and O–H groups in total. The van der Waals surface area contributed by atoms with E-state index in [1.165, 1.54) is 6.39 Å². The van der Waals surface area contributed by atoms with Gasteiger partial charge in [-0.2, -0.15) is 0 Å². The lowest BCUT2D eigenvalue weighted by Gasteiger charge is -2.14. The number of aromatic nitrogens is 2. The Balaban J connectivity index is 2.06. The Hall–Kier alpha value is -2.21. The molecule has 1 aromatic heterocycles. The van der Waals surface area contributed by atoms with Crippen molar-refractivity contribution in [3.05, 3.63) is 30.2 Å². The molecule has 0 aliphatic carbocycles. The molecular formula is C15H20N4O2. The fourth-order valence-electron chi connectivity index (χ4n) is 1.95.